The van der Waals surface area contributed by atoms with Crippen molar-refractivity contribution >= 4 is 59.3 Å². The normalized spacial score (nSPS) is 21.5. The molecule has 0 N–H and O–H groups in total. The minimum Gasteiger partial charge on any atom is -0.400 e. The molecule has 0 saturated carbocycles. The van der Waals surface area contributed by atoms with Gasteiger partial charge >= 0.3 is 0 Å². The van der Waals surface area contributed by atoms with Gasteiger partial charge in [-0.1, -0.05) is 139 Å². The summed E-state index contributed by atoms with van der Waals surface area (Å²) in [5.74, 6) is 0. The SMILES string of the molecule is C[SiH2]OC(O[SiH2]C)C(C)(C)C1=Cc2ccccc2C1[Si](C)(C)C1C(C(C)(C)C(O[SiH2]C)O[SiH2]C)=Cc2ccccc21. The smallest absolute Gasteiger partial charge is 0.161 e. The van der Waals surface area contributed by atoms with Gasteiger partial charge in [-0.3, -0.25) is 0 Å². The van der Waals surface area contributed by atoms with Gasteiger partial charge in [0.25, 0.3) is 0 Å². The maximum Gasteiger partial charge on any atom is 0.161 e. The van der Waals surface area contributed by atoms with Gasteiger partial charge in [0.05, 0.1) is 8.07 Å². The lowest BCUT2D eigenvalue weighted by atomic mass is 9.81. The molecule has 0 aliphatic heterocycles. The molecule has 2 aliphatic rings. The van der Waals surface area contributed by atoms with Gasteiger partial charge in [0, 0.05) is 21.9 Å². The Morgan fingerprint density at radius 2 is 0.902 bits per heavy atom. The van der Waals surface area contributed by atoms with E-state index in [2.05, 4.69) is 128 Å². The van der Waals surface area contributed by atoms with Crippen molar-refractivity contribution in [1.29, 1.82) is 0 Å². The first-order valence-electron chi connectivity index (χ1n) is 15.5. The standard InChI is InChI=1S/C32H52O4Si5/c1-31(2,29(33-37-5)34-38-6)25-19-21-15-11-13-17-23(21)27(25)41(9,10)28-24-18-14-12-16-22(24)20-26(28)32(3,4)30(35-39-7)36-40-8/h11-20,27-30H,37-40H2,1-10H3. The Kier molecular flexibility index (Phi) is 10.6. The predicted octanol–water partition coefficient (Wildman–Crippen LogP) is 5.43. The third kappa shape index (κ3) is 6.12. The average Bonchev–Trinajstić information content (AvgIpc) is 3.54. The van der Waals surface area contributed by atoms with Crippen LogP contribution in [0.5, 0.6) is 0 Å². The minimum absolute atomic E-state index is 0.179. The highest BCUT2D eigenvalue weighted by atomic mass is 28.3. The van der Waals surface area contributed by atoms with Crippen LogP contribution in [0.3, 0.4) is 0 Å². The van der Waals surface area contributed by atoms with Gasteiger partial charge in [-0.15, -0.1) is 0 Å². The molecule has 224 valence electrons. The van der Waals surface area contributed by atoms with E-state index in [1.807, 2.05) is 0 Å². The molecule has 0 saturated heterocycles. The second kappa shape index (κ2) is 13.2. The molecule has 41 heavy (non-hydrogen) atoms. The van der Waals surface area contributed by atoms with Gasteiger partial charge in [-0.2, -0.15) is 0 Å². The second-order valence-corrected chi connectivity index (χ2v) is 21.5. The summed E-state index contributed by atoms with van der Waals surface area (Å²) in [6.45, 7) is 23.5. The Labute approximate surface area is 259 Å². The van der Waals surface area contributed by atoms with E-state index in [0.717, 1.165) is 0 Å². The van der Waals surface area contributed by atoms with Gasteiger partial charge in [-0.05, 0) is 22.3 Å². The van der Waals surface area contributed by atoms with Crippen molar-refractivity contribution in [1.82, 2.24) is 0 Å². The molecule has 0 aromatic heterocycles. The zero-order valence-corrected chi connectivity index (χ0v) is 33.7. The molecule has 2 atom stereocenters. The molecular weight excluding hydrogens is 589 g/mol. The number of hydrogen-bond donors (Lipinski definition) is 0. The molecule has 2 unspecified atom stereocenters. The van der Waals surface area contributed by atoms with Gasteiger partial charge in [-0.25, -0.2) is 0 Å². The highest BCUT2D eigenvalue weighted by molar-refractivity contribution is 6.81. The van der Waals surface area contributed by atoms with Crippen molar-refractivity contribution in [3.63, 3.8) is 0 Å². The van der Waals surface area contributed by atoms with Crippen LogP contribution in [0.2, 0.25) is 39.3 Å². The van der Waals surface area contributed by atoms with Crippen LogP contribution in [0.1, 0.15) is 61.0 Å². The van der Waals surface area contributed by atoms with Crippen LogP contribution in [-0.4, -0.2) is 59.7 Å². The van der Waals surface area contributed by atoms with Crippen molar-refractivity contribution in [3.05, 3.63) is 81.9 Å². The zero-order valence-electron chi connectivity index (χ0n) is 27.0. The minimum atomic E-state index is -2.18. The molecule has 0 bridgehead atoms. The van der Waals surface area contributed by atoms with Gasteiger partial charge in [0.1, 0.15) is 12.6 Å². The van der Waals surface area contributed by atoms with Crippen LogP contribution in [0.4, 0.5) is 0 Å². The summed E-state index contributed by atoms with van der Waals surface area (Å²) in [7, 11) is -4.69. The Morgan fingerprint density at radius 1 is 0.585 bits per heavy atom. The van der Waals surface area contributed by atoms with Crippen LogP contribution in [0, 0.1) is 10.8 Å². The van der Waals surface area contributed by atoms with Crippen LogP contribution in [-0.2, 0) is 17.7 Å². The number of hydrogen-bond acceptors (Lipinski definition) is 4. The van der Waals surface area contributed by atoms with E-state index in [1.54, 1.807) is 0 Å². The lowest BCUT2D eigenvalue weighted by Crippen LogP contribution is -2.50. The van der Waals surface area contributed by atoms with E-state index in [4.69, 9.17) is 17.7 Å². The lowest BCUT2D eigenvalue weighted by Gasteiger charge is -2.48. The van der Waals surface area contributed by atoms with Crippen molar-refractivity contribution in [2.24, 2.45) is 10.8 Å². The summed E-state index contributed by atoms with van der Waals surface area (Å²) in [5, 5.41) is 0. The van der Waals surface area contributed by atoms with Crippen molar-refractivity contribution in [2.75, 3.05) is 0 Å². The molecule has 0 fully saturated rings. The van der Waals surface area contributed by atoms with Crippen molar-refractivity contribution in [2.45, 2.75) is 90.6 Å². The van der Waals surface area contributed by atoms with E-state index in [9.17, 15) is 0 Å². The Balaban J connectivity index is 1.89. The number of fused-ring (bicyclic) bond motifs is 2. The summed E-state index contributed by atoms with van der Waals surface area (Å²) in [5.41, 5.74) is 8.86. The van der Waals surface area contributed by atoms with Crippen molar-refractivity contribution < 1.29 is 17.7 Å². The van der Waals surface area contributed by atoms with Crippen LogP contribution < -0.4 is 0 Å². The molecule has 0 spiro atoms. The topological polar surface area (TPSA) is 36.9 Å². The third-order valence-corrected chi connectivity index (χ3v) is 16.0. The second-order valence-electron chi connectivity index (χ2n) is 13.1. The summed E-state index contributed by atoms with van der Waals surface area (Å²) < 4.78 is 25.8. The van der Waals surface area contributed by atoms with Crippen LogP contribution in [0.15, 0.2) is 59.7 Å². The maximum atomic E-state index is 6.45. The fourth-order valence-electron chi connectivity index (χ4n) is 7.34. The van der Waals surface area contributed by atoms with E-state index in [0.29, 0.717) is 11.1 Å². The van der Waals surface area contributed by atoms with Crippen LogP contribution >= 0.6 is 0 Å². The van der Waals surface area contributed by atoms with Crippen LogP contribution in [0.25, 0.3) is 12.2 Å². The molecule has 2 aromatic carbocycles. The highest BCUT2D eigenvalue weighted by Crippen LogP contribution is 2.59. The summed E-state index contributed by atoms with van der Waals surface area (Å²) in [4.78, 5) is 0. The molecule has 2 aromatic rings. The first-order chi connectivity index (χ1) is 19.5. The molecule has 2 aliphatic carbocycles. The molecule has 4 nitrogen and oxygen atoms in total. The monoisotopic (exact) mass is 640 g/mol. The Morgan fingerprint density at radius 3 is 1.22 bits per heavy atom. The molecule has 9 heteroatoms. The Bertz CT molecular complexity index is 1160. The highest BCUT2D eigenvalue weighted by Gasteiger charge is 2.55. The summed E-state index contributed by atoms with van der Waals surface area (Å²) >= 11 is 0. The fraction of sp³-hybridized carbons (Fsp3) is 0.500. The van der Waals surface area contributed by atoms with E-state index in [-0.39, 0.29) is 23.4 Å². The maximum absolute atomic E-state index is 6.45. The summed E-state index contributed by atoms with van der Waals surface area (Å²) in [6.07, 6.45) is 4.61. The predicted molar refractivity (Wildman–Crippen MR) is 189 cm³/mol. The molecule has 0 radical (unpaired) electrons. The molecular formula is C32H52O4Si5. The average molecular weight is 641 g/mol. The Hall–Kier alpha value is -1.16. The first kappa shape index (κ1) is 32.8. The largest absolute Gasteiger partial charge is 0.400 e. The number of rotatable bonds is 14. The number of benzene rings is 2. The van der Waals surface area contributed by atoms with E-state index < -0.39 is 47.1 Å². The van der Waals surface area contributed by atoms with E-state index >= 15 is 0 Å². The zero-order chi connectivity index (χ0) is 30.0. The van der Waals surface area contributed by atoms with Gasteiger partial charge in [0.2, 0.25) is 0 Å². The van der Waals surface area contributed by atoms with E-state index in [1.165, 1.54) is 33.4 Å². The molecule has 0 amide bonds. The quantitative estimate of drug-likeness (QED) is 0.204. The van der Waals surface area contributed by atoms with Gasteiger partial charge < -0.3 is 17.7 Å². The van der Waals surface area contributed by atoms with Gasteiger partial charge in [0.15, 0.2) is 39.1 Å². The fourth-order valence-corrected chi connectivity index (χ4v) is 16.0. The molecule has 4 rings (SSSR count). The third-order valence-electron chi connectivity index (χ3n) is 9.28. The lowest BCUT2D eigenvalue weighted by molar-refractivity contribution is -0.0630. The molecule has 0 heterocycles. The summed E-state index contributed by atoms with van der Waals surface area (Å²) in [6, 6.07) is 18.2. The van der Waals surface area contributed by atoms with Crippen molar-refractivity contribution in [3.8, 4) is 0 Å². The first-order valence-corrected chi connectivity index (χ1v) is 26.7.